The van der Waals surface area contributed by atoms with Crippen LogP contribution in [0.25, 0.3) is 0 Å². The van der Waals surface area contributed by atoms with Crippen molar-refractivity contribution in [3.8, 4) is 0 Å². The number of nitrogens with zero attached hydrogens (tertiary/aromatic N) is 1. The molecule has 0 amide bonds. The van der Waals surface area contributed by atoms with Crippen LogP contribution in [0.1, 0.15) is 9.60 Å². The molecule has 0 aliphatic rings. The van der Waals surface area contributed by atoms with Crippen LogP contribution in [0.15, 0.2) is 0 Å². The molecule has 0 aromatic rings. The Balaban J connectivity index is 7.53. The molecule has 0 unspecified atom stereocenters. The van der Waals surface area contributed by atoms with Gasteiger partial charge in [0.15, 0.2) is 0 Å². The fraction of sp³-hybridized carbons (Fsp3) is 1.00. The Hall–Kier alpha value is -1.32. The van der Waals surface area contributed by atoms with Gasteiger partial charge in [0.05, 0.1) is 9.30 Å². The van der Waals surface area contributed by atoms with Gasteiger partial charge in [-0.05, 0) is 0 Å². The van der Waals surface area contributed by atoms with Gasteiger partial charge >= 0.3 is 47.0 Å². The zero-order valence-corrected chi connectivity index (χ0v) is 14.9. The third-order valence-corrected chi connectivity index (χ3v) is 4.89. The predicted octanol–water partition coefficient (Wildman–Crippen LogP) is 4.21. The highest BCUT2D eigenvalue weighted by Crippen LogP contribution is 2.64. The molecule has 0 rings (SSSR count). The molecular weight excluding hydrogens is 549 g/mol. The van der Waals surface area contributed by atoms with Crippen LogP contribution in [0.3, 0.4) is 0 Å². The molecule has 22 heteroatoms. The van der Waals surface area contributed by atoms with Crippen molar-refractivity contribution in [1.29, 1.82) is 0 Å². The van der Waals surface area contributed by atoms with Crippen molar-refractivity contribution in [1.82, 2.24) is 4.31 Å². The summed E-state index contributed by atoms with van der Waals surface area (Å²) < 4.78 is 294. The van der Waals surface area contributed by atoms with Crippen LogP contribution >= 0.6 is 0 Å². The molecule has 0 aromatic carbocycles. The predicted molar refractivity (Wildman–Crippen MR) is 69.3 cm³/mol. The minimum absolute atomic E-state index is 2.86. The van der Waals surface area contributed by atoms with Crippen LogP contribution in [0.5, 0.6) is 0 Å². The minimum Gasteiger partial charge on any atom is -0.395 e. The van der Waals surface area contributed by atoms with E-state index in [4.69, 9.17) is 14.7 Å². The molecule has 4 nitrogen and oxygen atoms in total. The van der Waals surface area contributed by atoms with Gasteiger partial charge in [0.2, 0.25) is 0 Å². The molecule has 0 radical (unpaired) electrons. The highest BCUT2D eigenvalue weighted by molar-refractivity contribution is 7.90. The van der Waals surface area contributed by atoms with Gasteiger partial charge in [-0.1, -0.05) is 0 Å². The largest absolute Gasteiger partial charge is 0.460 e. The lowest BCUT2D eigenvalue weighted by Crippen LogP contribution is -2.75. The van der Waals surface area contributed by atoms with Gasteiger partial charge in [-0.25, -0.2) is 8.42 Å². The van der Waals surface area contributed by atoms with E-state index in [2.05, 4.69) is 0 Å². The van der Waals surface area contributed by atoms with Gasteiger partial charge < -0.3 is 5.11 Å². The van der Waals surface area contributed by atoms with E-state index in [-0.39, 0.29) is 0 Å². The third kappa shape index (κ3) is 3.97. The molecule has 0 fully saturated rings. The summed E-state index contributed by atoms with van der Waals surface area (Å²) in [6, 6.07) is 0. The van der Waals surface area contributed by atoms with E-state index in [9.17, 15) is 83.1 Å². The highest BCUT2D eigenvalue weighted by atomic mass is 32.2. The van der Waals surface area contributed by atoms with Crippen molar-refractivity contribution in [3.63, 3.8) is 0 Å². The van der Waals surface area contributed by atoms with Crippen LogP contribution in [0, 0.1) is 0 Å². The van der Waals surface area contributed by atoms with E-state index in [1.807, 2.05) is 0 Å². The molecule has 0 atom stereocenters. The van der Waals surface area contributed by atoms with E-state index in [0.717, 1.165) is 0 Å². The molecule has 0 spiro atoms. The highest BCUT2D eigenvalue weighted by Gasteiger charge is 2.96. The Kier molecular flexibility index (Phi) is 5.17. The average molecular weight is 564 g/mol. The number of halogens is 17. The Bertz CT molecular complexity index is 1070. The molecule has 0 bridgehead atoms. The fourth-order valence-corrected chi connectivity index (χ4v) is 2.37. The van der Waals surface area contributed by atoms with Crippen molar-refractivity contribution in [2.45, 2.75) is 47.0 Å². The van der Waals surface area contributed by atoms with E-state index in [1.54, 1.807) is 0 Å². The van der Waals surface area contributed by atoms with Gasteiger partial charge in [0, 0.05) is 20.3 Å². The standard InChI is InChI=1S/C11H8F17NO3S/c1-29(2-3-30)33(31,32)11(27,28)9(22,23)7(18,19)5(14,15)4(12,13)6(16,17)8(20,21)10(24,25)26/h30H,2-3H2,1H3/i1D3,2D2,3D2. The Morgan fingerprint density at radius 3 is 1.24 bits per heavy atom. The first-order chi connectivity index (χ1) is 16.6. The topological polar surface area (TPSA) is 57.6 Å². The normalized spacial score (nSPS) is 20.9. The van der Waals surface area contributed by atoms with Crippen LogP contribution < -0.4 is 0 Å². The van der Waals surface area contributed by atoms with Crippen molar-refractivity contribution >= 4 is 10.0 Å². The quantitative estimate of drug-likeness (QED) is 0.405. The van der Waals surface area contributed by atoms with Crippen LogP contribution in [0.2, 0.25) is 0 Å². The molecule has 0 aliphatic heterocycles. The molecule has 200 valence electrons. The van der Waals surface area contributed by atoms with Crippen molar-refractivity contribution in [2.75, 3.05) is 20.0 Å². The van der Waals surface area contributed by atoms with Crippen molar-refractivity contribution in [2.24, 2.45) is 0 Å². The van der Waals surface area contributed by atoms with Crippen LogP contribution in [0.4, 0.5) is 74.6 Å². The number of likely N-dealkylation sites (N-methyl/N-ethyl adjacent to an activating group) is 1. The Labute approximate surface area is 180 Å². The first kappa shape index (κ1) is 21.0. The number of rotatable bonds is 10. The maximum absolute atomic E-state index is 14.2. The molecule has 0 aliphatic carbocycles. The summed E-state index contributed by atoms with van der Waals surface area (Å²) in [4.78, 5) is 0. The zero-order valence-electron chi connectivity index (χ0n) is 21.0. The van der Waals surface area contributed by atoms with Crippen molar-refractivity contribution < 1.29 is 97.8 Å². The lowest BCUT2D eigenvalue weighted by atomic mass is 9.91. The number of aliphatic hydroxyl groups is 1. The third-order valence-electron chi connectivity index (χ3n) is 3.41. The second kappa shape index (κ2) is 8.12. The Morgan fingerprint density at radius 1 is 0.667 bits per heavy atom. The van der Waals surface area contributed by atoms with Crippen LogP contribution in [-0.2, 0) is 10.0 Å². The summed E-state index contributed by atoms with van der Waals surface area (Å²) in [5.41, 5.74) is 0. The van der Waals surface area contributed by atoms with E-state index in [1.165, 1.54) is 0 Å². The lowest BCUT2D eigenvalue weighted by Gasteiger charge is -2.42. The van der Waals surface area contributed by atoms with Crippen molar-refractivity contribution in [3.05, 3.63) is 0 Å². The summed E-state index contributed by atoms with van der Waals surface area (Å²) >= 11 is 0. The second-order valence-electron chi connectivity index (χ2n) is 5.45. The SMILES string of the molecule is [2H]C([2H])([2H])N(C([2H])([2H])C([2H])([2H])O)S(=O)(=O)C(F)(F)C(F)(F)C(F)(F)C(F)(F)C(F)(F)C(F)(F)C(F)(F)C(F)(F)F. The monoisotopic (exact) mass is 564 g/mol. The number of hydrogen-bond acceptors (Lipinski definition) is 3. The number of alkyl halides is 17. The van der Waals surface area contributed by atoms with E-state index in [0.29, 0.717) is 0 Å². The summed E-state index contributed by atoms with van der Waals surface area (Å²) in [6.07, 6.45) is -8.05. The van der Waals surface area contributed by atoms with Gasteiger partial charge in [0.25, 0.3) is 10.0 Å². The summed E-state index contributed by atoms with van der Waals surface area (Å²) in [7, 11) is -8.79. The first-order valence-electron chi connectivity index (χ1n) is 10.1. The molecule has 0 saturated heterocycles. The smallest absolute Gasteiger partial charge is 0.395 e. The molecule has 0 heterocycles. The van der Waals surface area contributed by atoms with E-state index < -0.39 is 81.3 Å². The van der Waals surface area contributed by atoms with Gasteiger partial charge in [-0.15, -0.1) is 0 Å². The number of hydrogen-bond donors (Lipinski definition) is 1. The lowest BCUT2D eigenvalue weighted by molar-refractivity contribution is -0.458. The van der Waals surface area contributed by atoms with Crippen LogP contribution in [-0.4, -0.2) is 84.8 Å². The Morgan fingerprint density at radius 2 is 0.970 bits per heavy atom. The first-order valence-corrected chi connectivity index (χ1v) is 8.04. The summed E-state index contributed by atoms with van der Waals surface area (Å²) in [5, 5.41) is 0.406. The molecule has 0 saturated carbocycles. The average Bonchev–Trinajstić information content (AvgIpc) is 2.63. The summed E-state index contributed by atoms with van der Waals surface area (Å²) in [6.45, 7) is -16.0. The van der Waals surface area contributed by atoms with Gasteiger partial charge in [-0.2, -0.15) is 78.9 Å². The molecular formula is C11H8F17NO3S. The number of sulfonamides is 1. The molecule has 0 aromatic heterocycles. The molecule has 1 N–H and O–H groups in total. The van der Waals surface area contributed by atoms with E-state index >= 15 is 0 Å². The fourth-order valence-electron chi connectivity index (χ4n) is 1.53. The maximum atomic E-state index is 14.2. The minimum atomic E-state index is -9.23. The maximum Gasteiger partial charge on any atom is 0.460 e. The summed E-state index contributed by atoms with van der Waals surface area (Å²) in [5.74, 6) is -53.9. The van der Waals surface area contributed by atoms with Gasteiger partial charge in [-0.3, -0.25) is 0 Å². The van der Waals surface area contributed by atoms with Gasteiger partial charge in [0.1, 0.15) is 0 Å². The molecule has 33 heavy (non-hydrogen) atoms. The zero-order chi connectivity index (χ0) is 33.6. The second-order valence-corrected chi connectivity index (χ2v) is 7.28.